The zero-order chi connectivity index (χ0) is 12.1. The number of allylic oxidation sites excluding steroid dienone is 2. The average molecular weight is 235 g/mol. The molecule has 6 nitrogen and oxygen atoms in total. The Kier molecular flexibility index (Phi) is 3.65. The molecule has 0 aliphatic heterocycles. The highest BCUT2D eigenvalue weighted by Gasteiger charge is 2.06. The maximum Gasteiger partial charge on any atom is 0.174 e. The van der Waals surface area contributed by atoms with E-state index in [0.717, 1.165) is 0 Å². The van der Waals surface area contributed by atoms with Crippen molar-refractivity contribution >= 4 is 17.8 Å². The van der Waals surface area contributed by atoms with Gasteiger partial charge in [-0.05, 0) is 6.92 Å². The number of nitrogens with zero attached hydrogens (tertiary/aromatic N) is 4. The number of nitrogens with one attached hydrogen (secondary N) is 1. The molecular weight excluding hydrogens is 228 g/mol. The van der Waals surface area contributed by atoms with Gasteiger partial charge in [-0.15, -0.1) is 0 Å². The van der Waals surface area contributed by atoms with E-state index in [9.17, 15) is 0 Å². The number of hydrogen-bond donors (Lipinski definition) is 2. The molecule has 80 valence electrons. The van der Waals surface area contributed by atoms with Crippen LogP contribution in [0.1, 0.15) is 11.3 Å². The van der Waals surface area contributed by atoms with E-state index in [0.29, 0.717) is 16.4 Å². The second kappa shape index (κ2) is 4.96. The van der Waals surface area contributed by atoms with Crippen LogP contribution in [0.25, 0.3) is 0 Å². The van der Waals surface area contributed by atoms with Crippen LogP contribution in [0.5, 0.6) is 0 Å². The van der Waals surface area contributed by atoms with Crippen LogP contribution in [0, 0.1) is 29.6 Å². The van der Waals surface area contributed by atoms with Gasteiger partial charge in [-0.1, -0.05) is 11.6 Å². The van der Waals surface area contributed by atoms with Gasteiger partial charge in [-0.2, -0.15) is 15.6 Å². The first-order chi connectivity index (χ1) is 7.60. The maximum absolute atomic E-state index is 8.69. The van der Waals surface area contributed by atoms with Crippen molar-refractivity contribution in [2.75, 3.05) is 0 Å². The van der Waals surface area contributed by atoms with Crippen LogP contribution in [-0.2, 0) is 0 Å². The molecule has 0 fully saturated rings. The summed E-state index contributed by atoms with van der Waals surface area (Å²) in [6.07, 6.45) is 1.34. The van der Waals surface area contributed by atoms with E-state index in [1.54, 1.807) is 19.1 Å². The predicted molar refractivity (Wildman–Crippen MR) is 58.4 cm³/mol. The van der Waals surface area contributed by atoms with Crippen molar-refractivity contribution in [3.63, 3.8) is 0 Å². The summed E-state index contributed by atoms with van der Waals surface area (Å²) >= 11 is 5.78. The summed E-state index contributed by atoms with van der Waals surface area (Å²) in [7, 11) is 0. The van der Waals surface area contributed by atoms with E-state index in [1.807, 2.05) is 0 Å². The lowest BCUT2D eigenvalue weighted by Crippen LogP contribution is -1.97. The zero-order valence-electron chi connectivity index (χ0n) is 8.32. The molecule has 3 N–H and O–H groups in total. The first kappa shape index (κ1) is 11.8. The topological polar surface area (TPSA) is 115 Å². The van der Waals surface area contributed by atoms with Crippen LogP contribution in [0.4, 0.5) is 0 Å². The third-order valence-corrected chi connectivity index (χ3v) is 2.04. The fourth-order valence-corrected chi connectivity index (χ4v) is 1.13. The molecule has 7 heteroatoms. The van der Waals surface area contributed by atoms with Gasteiger partial charge < -0.3 is 5.73 Å². The van der Waals surface area contributed by atoms with Crippen LogP contribution in [0.2, 0.25) is 5.15 Å². The summed E-state index contributed by atoms with van der Waals surface area (Å²) in [5.74, 6) is 0. The minimum Gasteiger partial charge on any atom is -0.388 e. The molecule has 16 heavy (non-hydrogen) atoms. The molecule has 0 atom stereocenters. The molecule has 0 aliphatic carbocycles. The van der Waals surface area contributed by atoms with Gasteiger partial charge in [0.25, 0.3) is 0 Å². The Morgan fingerprint density at radius 3 is 2.69 bits per heavy atom. The summed E-state index contributed by atoms with van der Waals surface area (Å²) in [5.41, 5.74) is 6.07. The van der Waals surface area contributed by atoms with Crippen LogP contribution in [0.15, 0.2) is 16.4 Å². The molecule has 0 saturated heterocycles. The second-order valence-corrected chi connectivity index (χ2v) is 3.16. The second-order valence-electron chi connectivity index (χ2n) is 2.78. The van der Waals surface area contributed by atoms with Gasteiger partial charge >= 0.3 is 0 Å². The SMILES string of the molecule is Cc1n[nH]c(Cl)c1/C=N/C(C#N)=C(\N)C#N. The number of rotatable bonds is 2. The van der Waals surface area contributed by atoms with Crippen molar-refractivity contribution in [3.05, 3.63) is 27.8 Å². The highest BCUT2D eigenvalue weighted by Crippen LogP contribution is 2.13. The van der Waals surface area contributed by atoms with Gasteiger partial charge in [0.1, 0.15) is 23.0 Å². The van der Waals surface area contributed by atoms with E-state index in [1.165, 1.54) is 6.21 Å². The third-order valence-electron chi connectivity index (χ3n) is 1.75. The van der Waals surface area contributed by atoms with Crippen molar-refractivity contribution < 1.29 is 0 Å². The molecule has 1 rings (SSSR count). The van der Waals surface area contributed by atoms with E-state index >= 15 is 0 Å². The standard InChI is InChI=1S/C9H7ClN6/c1-5-6(9(10)16-15-5)4-14-8(3-12)7(13)2-11/h4H,13H2,1H3,(H,15,16)/b8-7-,14-4+. The number of aryl methyl sites for hydroxylation is 1. The Morgan fingerprint density at radius 2 is 2.25 bits per heavy atom. The number of halogens is 1. The van der Waals surface area contributed by atoms with E-state index in [-0.39, 0.29) is 11.4 Å². The summed E-state index contributed by atoms with van der Waals surface area (Å²) in [4.78, 5) is 3.78. The van der Waals surface area contributed by atoms with E-state index in [2.05, 4.69) is 15.2 Å². The molecule has 0 aromatic carbocycles. The van der Waals surface area contributed by atoms with Crippen LogP contribution >= 0.6 is 11.6 Å². The Bertz CT molecular complexity index is 520. The lowest BCUT2D eigenvalue weighted by atomic mass is 10.3. The Hall–Kier alpha value is -2.31. The predicted octanol–water partition coefficient (Wildman–Crippen LogP) is 1.01. The quantitative estimate of drug-likeness (QED) is 0.587. The van der Waals surface area contributed by atoms with Crippen LogP contribution in [0.3, 0.4) is 0 Å². The largest absolute Gasteiger partial charge is 0.388 e. The fraction of sp³-hybridized carbons (Fsp3) is 0.111. The molecule has 0 unspecified atom stereocenters. The lowest BCUT2D eigenvalue weighted by Gasteiger charge is -1.91. The minimum absolute atomic E-state index is 0.154. The molecule has 1 aromatic heterocycles. The number of H-pyrrole nitrogens is 1. The Balaban J connectivity index is 3.08. The molecule has 0 bridgehead atoms. The summed E-state index contributed by atoms with van der Waals surface area (Å²) in [6.45, 7) is 1.73. The van der Waals surface area contributed by atoms with Gasteiger partial charge in [0, 0.05) is 6.21 Å². The van der Waals surface area contributed by atoms with E-state index < -0.39 is 0 Å². The normalized spacial score (nSPS) is 12.0. The maximum atomic E-state index is 8.69. The Morgan fingerprint density at radius 1 is 1.56 bits per heavy atom. The number of hydrogen-bond acceptors (Lipinski definition) is 5. The number of aromatic amines is 1. The first-order valence-corrected chi connectivity index (χ1v) is 4.52. The lowest BCUT2D eigenvalue weighted by molar-refractivity contribution is 1.05. The van der Waals surface area contributed by atoms with Crippen molar-refractivity contribution in [2.45, 2.75) is 6.92 Å². The number of aliphatic imine (C=N–C) groups is 1. The molecule has 1 aromatic rings. The van der Waals surface area contributed by atoms with Crippen molar-refractivity contribution in [2.24, 2.45) is 10.7 Å². The summed E-state index contributed by atoms with van der Waals surface area (Å²) in [6, 6.07) is 3.35. The molecule has 0 radical (unpaired) electrons. The molecular formula is C9H7ClN6. The van der Waals surface area contributed by atoms with Crippen LogP contribution < -0.4 is 5.73 Å². The fourth-order valence-electron chi connectivity index (χ4n) is 0.903. The molecule has 0 saturated carbocycles. The van der Waals surface area contributed by atoms with Crippen molar-refractivity contribution in [1.29, 1.82) is 10.5 Å². The van der Waals surface area contributed by atoms with E-state index in [4.69, 9.17) is 27.9 Å². The monoisotopic (exact) mass is 234 g/mol. The number of nitrogens with two attached hydrogens (primary N) is 1. The summed E-state index contributed by atoms with van der Waals surface area (Å²) in [5, 5.41) is 23.9. The van der Waals surface area contributed by atoms with Gasteiger partial charge in [0.05, 0.1) is 11.3 Å². The molecule has 1 heterocycles. The van der Waals surface area contributed by atoms with Crippen LogP contribution in [-0.4, -0.2) is 16.4 Å². The minimum atomic E-state index is -0.240. The molecule has 0 spiro atoms. The van der Waals surface area contributed by atoms with Gasteiger partial charge in [-0.3, -0.25) is 5.10 Å². The van der Waals surface area contributed by atoms with Gasteiger partial charge in [0.15, 0.2) is 5.70 Å². The molecule has 0 aliphatic rings. The smallest absolute Gasteiger partial charge is 0.174 e. The highest BCUT2D eigenvalue weighted by molar-refractivity contribution is 6.32. The average Bonchev–Trinajstić information content (AvgIpc) is 2.60. The number of aromatic nitrogens is 2. The first-order valence-electron chi connectivity index (χ1n) is 4.14. The number of nitriles is 2. The third kappa shape index (κ3) is 2.38. The van der Waals surface area contributed by atoms with Crippen molar-refractivity contribution in [1.82, 2.24) is 10.2 Å². The summed E-state index contributed by atoms with van der Waals surface area (Å²) < 4.78 is 0. The zero-order valence-corrected chi connectivity index (χ0v) is 9.08. The van der Waals surface area contributed by atoms with Gasteiger partial charge in [-0.25, -0.2) is 4.99 Å². The van der Waals surface area contributed by atoms with Crippen molar-refractivity contribution in [3.8, 4) is 12.1 Å². The van der Waals surface area contributed by atoms with Gasteiger partial charge in [0.2, 0.25) is 0 Å². The Labute approximate surface area is 96.7 Å². The molecule has 0 amide bonds. The highest BCUT2D eigenvalue weighted by atomic mass is 35.5.